The van der Waals surface area contributed by atoms with Gasteiger partial charge in [0, 0.05) is 10.6 Å². The molecule has 6 heteroatoms. The topological polar surface area (TPSA) is 80.7 Å². The third-order valence-electron chi connectivity index (χ3n) is 2.15. The van der Waals surface area contributed by atoms with Crippen LogP contribution in [0.4, 0.5) is 0 Å². The Bertz CT molecular complexity index is 518. The maximum absolute atomic E-state index is 11.4. The van der Waals surface area contributed by atoms with E-state index in [0.717, 1.165) is 0 Å². The molecule has 0 amide bonds. The van der Waals surface area contributed by atoms with Crippen molar-refractivity contribution in [2.24, 2.45) is 0 Å². The molecule has 1 N–H and O–H groups in total. The van der Waals surface area contributed by atoms with E-state index in [0.29, 0.717) is 10.6 Å². The van der Waals surface area contributed by atoms with Crippen LogP contribution in [0.25, 0.3) is 0 Å². The van der Waals surface area contributed by atoms with E-state index in [9.17, 15) is 14.4 Å². The van der Waals surface area contributed by atoms with Gasteiger partial charge in [0.25, 0.3) is 0 Å². The van der Waals surface area contributed by atoms with Crippen LogP contribution >= 0.6 is 11.6 Å². The van der Waals surface area contributed by atoms with E-state index in [4.69, 9.17) is 16.7 Å². The molecule has 1 rings (SSSR count). The summed E-state index contributed by atoms with van der Waals surface area (Å²) >= 11 is 5.68. The summed E-state index contributed by atoms with van der Waals surface area (Å²) in [5.74, 6) is -3.00. The maximum Gasteiger partial charge on any atom is 0.331 e. The lowest BCUT2D eigenvalue weighted by molar-refractivity contribution is -0.159. The zero-order chi connectivity index (χ0) is 14.4. The molecule has 0 heterocycles. The Balaban J connectivity index is 2.47. The molecule has 0 aliphatic carbocycles. The van der Waals surface area contributed by atoms with Crippen molar-refractivity contribution in [2.75, 3.05) is 0 Å². The smallest absolute Gasteiger partial charge is 0.331 e. The first kappa shape index (κ1) is 14.9. The Kier molecular flexibility index (Phi) is 5.26. The third-order valence-corrected chi connectivity index (χ3v) is 2.40. The second kappa shape index (κ2) is 6.70. The van der Waals surface area contributed by atoms with Crippen molar-refractivity contribution in [1.82, 2.24) is 0 Å². The normalized spacial score (nSPS) is 9.74. The number of carbonyl (C=O) groups is 3. The number of benzene rings is 1. The minimum absolute atomic E-state index is 0.0948. The number of esters is 2. The average Bonchev–Trinajstić information content (AvgIpc) is 2.31. The zero-order valence-electron chi connectivity index (χ0n) is 9.89. The van der Waals surface area contributed by atoms with E-state index < -0.39 is 24.3 Å². The van der Waals surface area contributed by atoms with E-state index in [1.807, 2.05) is 0 Å². The fourth-order valence-electron chi connectivity index (χ4n) is 1.22. The van der Waals surface area contributed by atoms with Crippen molar-refractivity contribution >= 4 is 29.5 Å². The summed E-state index contributed by atoms with van der Waals surface area (Å²) in [6.45, 7) is 3.17. The van der Waals surface area contributed by atoms with E-state index >= 15 is 0 Å². The molecule has 1 aromatic carbocycles. The summed E-state index contributed by atoms with van der Waals surface area (Å²) in [7, 11) is 0. The van der Waals surface area contributed by atoms with Crippen molar-refractivity contribution in [3.8, 4) is 0 Å². The van der Waals surface area contributed by atoms with Crippen LogP contribution in [0.5, 0.6) is 0 Å². The van der Waals surface area contributed by atoms with Crippen LogP contribution in [-0.2, 0) is 25.5 Å². The van der Waals surface area contributed by atoms with E-state index in [-0.39, 0.29) is 12.0 Å². The molecule has 0 saturated heterocycles. The summed E-state index contributed by atoms with van der Waals surface area (Å²) < 4.78 is 4.47. The van der Waals surface area contributed by atoms with Gasteiger partial charge in [0.05, 0.1) is 12.8 Å². The lowest BCUT2D eigenvalue weighted by Gasteiger charge is -2.03. The van der Waals surface area contributed by atoms with Crippen LogP contribution in [0.3, 0.4) is 0 Å². The van der Waals surface area contributed by atoms with Gasteiger partial charge in [0.1, 0.15) is 0 Å². The van der Waals surface area contributed by atoms with Crippen LogP contribution in [-0.4, -0.2) is 23.0 Å². The molecule has 100 valence electrons. The molecule has 0 bridgehead atoms. The molecule has 5 nitrogen and oxygen atoms in total. The van der Waals surface area contributed by atoms with Gasteiger partial charge in [-0.25, -0.2) is 4.79 Å². The molecule has 0 unspecified atom stereocenters. The SMILES string of the molecule is C=C(CC(=O)OC(=O)Cc1ccc(Cl)cc1)C(=O)O. The number of halogens is 1. The summed E-state index contributed by atoms with van der Waals surface area (Å²) in [5, 5.41) is 9.05. The molecular weight excluding hydrogens is 272 g/mol. The van der Waals surface area contributed by atoms with E-state index in [1.165, 1.54) is 0 Å². The summed E-state index contributed by atoms with van der Waals surface area (Å²) in [4.78, 5) is 33.1. The van der Waals surface area contributed by atoms with Crippen molar-refractivity contribution in [3.05, 3.63) is 47.0 Å². The summed E-state index contributed by atoms with van der Waals surface area (Å²) in [5.41, 5.74) is 0.309. The minimum atomic E-state index is -1.30. The van der Waals surface area contributed by atoms with Gasteiger partial charge in [-0.05, 0) is 17.7 Å². The first-order valence-corrected chi connectivity index (χ1v) is 5.65. The van der Waals surface area contributed by atoms with Gasteiger partial charge in [-0.3, -0.25) is 9.59 Å². The fourth-order valence-corrected chi connectivity index (χ4v) is 1.34. The Hall–Kier alpha value is -2.14. The molecule has 0 radical (unpaired) electrons. The zero-order valence-corrected chi connectivity index (χ0v) is 10.6. The standard InChI is InChI=1S/C13H11ClO5/c1-8(13(17)18)6-11(15)19-12(16)7-9-2-4-10(14)5-3-9/h2-5H,1,6-7H2,(H,17,18). The van der Waals surface area contributed by atoms with Gasteiger partial charge in [-0.1, -0.05) is 30.3 Å². The predicted molar refractivity (Wildman–Crippen MR) is 67.6 cm³/mol. The van der Waals surface area contributed by atoms with Gasteiger partial charge in [0.15, 0.2) is 0 Å². The van der Waals surface area contributed by atoms with Gasteiger partial charge in [0.2, 0.25) is 0 Å². The highest BCUT2D eigenvalue weighted by Gasteiger charge is 2.15. The van der Waals surface area contributed by atoms with E-state index in [1.54, 1.807) is 24.3 Å². The monoisotopic (exact) mass is 282 g/mol. The largest absolute Gasteiger partial charge is 0.478 e. The van der Waals surface area contributed by atoms with Gasteiger partial charge >= 0.3 is 17.9 Å². The van der Waals surface area contributed by atoms with Crippen molar-refractivity contribution in [3.63, 3.8) is 0 Å². The number of aliphatic carboxylic acids is 1. The lowest BCUT2D eigenvalue weighted by Crippen LogP contribution is -2.16. The number of ether oxygens (including phenoxy) is 1. The quantitative estimate of drug-likeness (QED) is 0.507. The lowest BCUT2D eigenvalue weighted by atomic mass is 10.1. The van der Waals surface area contributed by atoms with Gasteiger partial charge < -0.3 is 9.84 Å². The minimum Gasteiger partial charge on any atom is -0.478 e. The van der Waals surface area contributed by atoms with Crippen LogP contribution in [0.15, 0.2) is 36.4 Å². The molecule has 0 aliphatic heterocycles. The second-order valence-electron chi connectivity index (χ2n) is 3.73. The van der Waals surface area contributed by atoms with Crippen LogP contribution in [0, 0.1) is 0 Å². The molecule has 0 aliphatic rings. The van der Waals surface area contributed by atoms with Crippen LogP contribution in [0.1, 0.15) is 12.0 Å². The summed E-state index contributed by atoms with van der Waals surface area (Å²) in [6, 6.07) is 6.48. The van der Waals surface area contributed by atoms with Crippen molar-refractivity contribution < 1.29 is 24.2 Å². The number of hydrogen-bond acceptors (Lipinski definition) is 4. The Morgan fingerprint density at radius 2 is 1.74 bits per heavy atom. The molecule has 0 saturated carbocycles. The highest BCUT2D eigenvalue weighted by molar-refractivity contribution is 6.30. The fraction of sp³-hybridized carbons (Fsp3) is 0.154. The van der Waals surface area contributed by atoms with Crippen molar-refractivity contribution in [2.45, 2.75) is 12.8 Å². The molecular formula is C13H11ClO5. The van der Waals surface area contributed by atoms with Gasteiger partial charge in [-0.2, -0.15) is 0 Å². The van der Waals surface area contributed by atoms with Crippen molar-refractivity contribution in [1.29, 1.82) is 0 Å². The third kappa shape index (κ3) is 5.35. The number of carbonyl (C=O) groups excluding carboxylic acids is 2. The van der Waals surface area contributed by atoms with E-state index in [2.05, 4.69) is 11.3 Å². The number of carboxylic acid groups (broad SMARTS) is 1. The van der Waals surface area contributed by atoms with Gasteiger partial charge in [-0.15, -0.1) is 0 Å². The average molecular weight is 283 g/mol. The highest BCUT2D eigenvalue weighted by atomic mass is 35.5. The highest BCUT2D eigenvalue weighted by Crippen LogP contribution is 2.10. The number of carboxylic acids is 1. The van der Waals surface area contributed by atoms with Crippen LogP contribution < -0.4 is 0 Å². The Labute approximate surface area is 114 Å². The molecule has 1 aromatic rings. The molecule has 0 spiro atoms. The van der Waals surface area contributed by atoms with Crippen LogP contribution in [0.2, 0.25) is 5.02 Å². The number of rotatable bonds is 5. The Morgan fingerprint density at radius 3 is 2.26 bits per heavy atom. The summed E-state index contributed by atoms with van der Waals surface area (Å²) in [6.07, 6.45) is -0.621. The molecule has 19 heavy (non-hydrogen) atoms. The predicted octanol–water partition coefficient (Wildman–Crippen LogP) is 1.98. The Morgan fingerprint density at radius 1 is 1.16 bits per heavy atom. The number of hydrogen-bond donors (Lipinski definition) is 1. The molecule has 0 fully saturated rings. The first-order valence-electron chi connectivity index (χ1n) is 5.27. The maximum atomic E-state index is 11.4. The molecule has 0 aromatic heterocycles. The first-order chi connectivity index (χ1) is 8.88. The molecule has 0 atom stereocenters. The second-order valence-corrected chi connectivity index (χ2v) is 4.17.